The number of nitrogens with two attached hydrogens (primary N) is 1. The van der Waals surface area contributed by atoms with Gasteiger partial charge in [0.05, 0.1) is 0 Å². The summed E-state index contributed by atoms with van der Waals surface area (Å²) in [6, 6.07) is 2.26. The predicted octanol–water partition coefficient (Wildman–Crippen LogP) is 4.99. The molecule has 4 atom stereocenters. The number of halogens is 2. The van der Waals surface area contributed by atoms with Crippen LogP contribution in [-0.2, 0) is 0 Å². The van der Waals surface area contributed by atoms with Crippen molar-refractivity contribution < 1.29 is 0 Å². The van der Waals surface area contributed by atoms with Gasteiger partial charge in [-0.25, -0.2) is 0 Å². The molecule has 0 spiro atoms. The van der Waals surface area contributed by atoms with Gasteiger partial charge in [-0.3, -0.25) is 0 Å². The first kappa shape index (κ1) is 12.5. The van der Waals surface area contributed by atoms with E-state index in [1.54, 1.807) is 11.3 Å². The molecule has 0 aliphatic heterocycles. The Morgan fingerprint density at radius 3 is 2.82 bits per heavy atom. The Morgan fingerprint density at radius 1 is 1.47 bits per heavy atom. The van der Waals surface area contributed by atoms with Gasteiger partial charge in [0.1, 0.15) is 4.34 Å². The molecule has 0 aromatic carbocycles. The van der Waals surface area contributed by atoms with Crippen molar-refractivity contribution in [2.75, 3.05) is 0 Å². The van der Waals surface area contributed by atoms with Gasteiger partial charge >= 0.3 is 0 Å². The van der Waals surface area contributed by atoms with Crippen LogP contribution < -0.4 is 5.73 Å². The third kappa shape index (κ3) is 2.44. The highest BCUT2D eigenvalue weighted by Crippen LogP contribution is 2.51. The molecule has 1 aromatic rings. The van der Waals surface area contributed by atoms with Gasteiger partial charge in [0.2, 0.25) is 0 Å². The molecule has 0 amide bonds. The van der Waals surface area contributed by atoms with Crippen LogP contribution in [-0.4, -0.2) is 0 Å². The summed E-state index contributed by atoms with van der Waals surface area (Å²) in [6.45, 7) is 0. The van der Waals surface area contributed by atoms with Crippen LogP contribution in [0.2, 0.25) is 4.34 Å². The lowest BCUT2D eigenvalue weighted by Crippen LogP contribution is -2.18. The van der Waals surface area contributed by atoms with Gasteiger partial charge in [-0.15, -0.1) is 11.3 Å². The number of rotatable bonds is 3. The average molecular weight is 335 g/mol. The zero-order chi connectivity index (χ0) is 12.0. The molecule has 2 aliphatic rings. The number of hydrogen-bond acceptors (Lipinski definition) is 2. The molecule has 94 valence electrons. The van der Waals surface area contributed by atoms with E-state index in [1.165, 1.54) is 30.6 Å². The fourth-order valence-corrected chi connectivity index (χ4v) is 5.40. The molecule has 1 aromatic heterocycles. The van der Waals surface area contributed by atoms with Gasteiger partial charge in [0, 0.05) is 15.4 Å². The molecule has 1 heterocycles. The minimum Gasteiger partial charge on any atom is -0.323 e. The third-order valence-electron chi connectivity index (χ3n) is 4.47. The van der Waals surface area contributed by atoms with E-state index in [0.717, 1.165) is 33.0 Å². The first-order valence-corrected chi connectivity index (χ1v) is 8.32. The van der Waals surface area contributed by atoms with Crippen LogP contribution in [0.4, 0.5) is 0 Å². The topological polar surface area (TPSA) is 26.0 Å². The van der Waals surface area contributed by atoms with Crippen molar-refractivity contribution in [1.82, 2.24) is 0 Å². The highest BCUT2D eigenvalue weighted by molar-refractivity contribution is 9.10. The molecular formula is C13H17BrClNS. The van der Waals surface area contributed by atoms with Crippen molar-refractivity contribution in [1.29, 1.82) is 0 Å². The normalized spacial score (nSPS) is 33.2. The second-order valence-corrected chi connectivity index (χ2v) is 8.09. The Balaban J connectivity index is 1.65. The first-order valence-electron chi connectivity index (χ1n) is 6.33. The summed E-state index contributed by atoms with van der Waals surface area (Å²) >= 11 is 11.1. The molecule has 2 fully saturated rings. The summed E-state index contributed by atoms with van der Waals surface area (Å²) in [5, 5.41) is 0. The van der Waals surface area contributed by atoms with Crippen molar-refractivity contribution in [2.45, 2.75) is 38.1 Å². The van der Waals surface area contributed by atoms with Crippen molar-refractivity contribution in [3.8, 4) is 0 Å². The molecule has 2 bridgehead atoms. The lowest BCUT2D eigenvalue weighted by Gasteiger charge is -2.24. The van der Waals surface area contributed by atoms with E-state index in [4.69, 9.17) is 17.3 Å². The average Bonchev–Trinajstić information content (AvgIpc) is 2.95. The summed E-state index contributed by atoms with van der Waals surface area (Å²) in [4.78, 5) is 1.23. The SMILES string of the molecule is NC(CC1CC2CCC1C2)c1cc(Br)c(Cl)s1. The second kappa shape index (κ2) is 4.84. The van der Waals surface area contributed by atoms with Crippen LogP contribution >= 0.6 is 38.9 Å². The monoisotopic (exact) mass is 333 g/mol. The van der Waals surface area contributed by atoms with Crippen molar-refractivity contribution in [2.24, 2.45) is 23.5 Å². The Morgan fingerprint density at radius 2 is 2.29 bits per heavy atom. The lowest BCUT2D eigenvalue weighted by atomic mass is 9.84. The maximum Gasteiger partial charge on any atom is 0.107 e. The van der Waals surface area contributed by atoms with Crippen molar-refractivity contribution in [3.63, 3.8) is 0 Å². The standard InChI is InChI=1S/C13H17BrClNS/c14-10-6-12(17-13(10)15)11(16)5-9-4-7-1-2-8(9)3-7/h6-9,11H,1-5,16H2. The summed E-state index contributed by atoms with van der Waals surface area (Å²) < 4.78 is 1.81. The third-order valence-corrected chi connectivity index (χ3v) is 7.08. The molecule has 0 radical (unpaired) electrons. The zero-order valence-corrected chi connectivity index (χ0v) is 12.8. The molecule has 2 aliphatic carbocycles. The minimum absolute atomic E-state index is 0.174. The van der Waals surface area contributed by atoms with Crippen molar-refractivity contribution in [3.05, 3.63) is 19.8 Å². The van der Waals surface area contributed by atoms with E-state index in [-0.39, 0.29) is 6.04 Å². The minimum atomic E-state index is 0.174. The maximum atomic E-state index is 6.32. The second-order valence-electron chi connectivity index (χ2n) is 5.55. The van der Waals surface area contributed by atoms with Crippen LogP contribution in [0.5, 0.6) is 0 Å². The fourth-order valence-electron chi connectivity index (χ4n) is 3.65. The van der Waals surface area contributed by atoms with Crippen LogP contribution in [0.15, 0.2) is 10.5 Å². The van der Waals surface area contributed by atoms with Gasteiger partial charge in [-0.05, 0) is 65.4 Å². The number of thiophene rings is 1. The largest absolute Gasteiger partial charge is 0.323 e. The van der Waals surface area contributed by atoms with E-state index in [1.807, 2.05) is 0 Å². The van der Waals surface area contributed by atoms with E-state index >= 15 is 0 Å². The Hall–Kier alpha value is 0.430. The molecule has 3 rings (SSSR count). The molecule has 2 N–H and O–H groups in total. The maximum absolute atomic E-state index is 6.32. The molecule has 0 saturated heterocycles. The molecule has 2 saturated carbocycles. The van der Waals surface area contributed by atoms with Crippen LogP contribution in [0.1, 0.15) is 43.0 Å². The Bertz CT molecular complexity index is 400. The smallest absolute Gasteiger partial charge is 0.107 e. The van der Waals surface area contributed by atoms with E-state index in [0.29, 0.717) is 0 Å². The van der Waals surface area contributed by atoms with Crippen molar-refractivity contribution >= 4 is 38.9 Å². The van der Waals surface area contributed by atoms with Crippen LogP contribution in [0.3, 0.4) is 0 Å². The van der Waals surface area contributed by atoms with Gasteiger partial charge in [0.25, 0.3) is 0 Å². The van der Waals surface area contributed by atoms with Gasteiger partial charge in [-0.1, -0.05) is 18.0 Å². The molecule has 4 unspecified atom stereocenters. The van der Waals surface area contributed by atoms with E-state index in [9.17, 15) is 0 Å². The summed E-state index contributed by atoms with van der Waals surface area (Å²) in [7, 11) is 0. The summed E-state index contributed by atoms with van der Waals surface area (Å²) in [6.07, 6.45) is 6.93. The molecule has 4 heteroatoms. The number of hydrogen-bond donors (Lipinski definition) is 1. The highest BCUT2D eigenvalue weighted by Gasteiger charge is 2.39. The summed E-state index contributed by atoms with van der Waals surface area (Å²) in [5.41, 5.74) is 6.32. The molecule has 1 nitrogen and oxygen atoms in total. The van der Waals surface area contributed by atoms with E-state index in [2.05, 4.69) is 22.0 Å². The van der Waals surface area contributed by atoms with Gasteiger partial charge in [-0.2, -0.15) is 0 Å². The van der Waals surface area contributed by atoms with E-state index < -0.39 is 0 Å². The highest BCUT2D eigenvalue weighted by atomic mass is 79.9. The molecular weight excluding hydrogens is 318 g/mol. The van der Waals surface area contributed by atoms with Crippen LogP contribution in [0, 0.1) is 17.8 Å². The molecule has 17 heavy (non-hydrogen) atoms. The predicted molar refractivity (Wildman–Crippen MR) is 77.5 cm³/mol. The fraction of sp³-hybridized carbons (Fsp3) is 0.692. The Kier molecular flexibility index (Phi) is 3.55. The Labute approximate surface area is 120 Å². The zero-order valence-electron chi connectivity index (χ0n) is 9.66. The number of fused-ring (bicyclic) bond motifs is 2. The van der Waals surface area contributed by atoms with Gasteiger partial charge < -0.3 is 5.73 Å². The first-order chi connectivity index (χ1) is 8.13. The quantitative estimate of drug-likeness (QED) is 0.828. The van der Waals surface area contributed by atoms with Crippen LogP contribution in [0.25, 0.3) is 0 Å². The lowest BCUT2D eigenvalue weighted by molar-refractivity contribution is 0.297. The van der Waals surface area contributed by atoms with Gasteiger partial charge in [0.15, 0.2) is 0 Å². The summed E-state index contributed by atoms with van der Waals surface area (Å²) in [5.74, 6) is 2.84.